The highest BCUT2D eigenvalue weighted by Crippen LogP contribution is 2.25. The molecule has 0 spiro atoms. The van der Waals surface area contributed by atoms with Gasteiger partial charge in [0.2, 0.25) is 5.78 Å². The van der Waals surface area contributed by atoms with E-state index in [0.717, 1.165) is 4.47 Å². The Hall–Kier alpha value is -3.75. The first-order valence-electron chi connectivity index (χ1n) is 10.6. The molecule has 0 heterocycles. The summed E-state index contributed by atoms with van der Waals surface area (Å²) >= 11 is 3.30. The van der Waals surface area contributed by atoms with Crippen LogP contribution in [0.2, 0.25) is 0 Å². The monoisotopic (exact) mass is 549 g/mol. The predicted octanol–water partition coefficient (Wildman–Crippen LogP) is 6.03. The maximum atomic E-state index is 13.2. The van der Waals surface area contributed by atoms with Crippen molar-refractivity contribution in [1.29, 1.82) is 0 Å². The summed E-state index contributed by atoms with van der Waals surface area (Å²) in [6.45, 7) is 0. The van der Waals surface area contributed by atoms with Crippen molar-refractivity contribution in [3.63, 3.8) is 0 Å². The first-order chi connectivity index (χ1) is 16.8. The van der Waals surface area contributed by atoms with Gasteiger partial charge >= 0.3 is 5.97 Å². The number of Topliss-reactive ketones (excluding diaryl/α,β-unsaturated/α-hetero) is 1. The molecule has 1 unspecified atom stereocenters. The molecule has 176 valence electrons. The largest absolute Gasteiger partial charge is 0.445 e. The van der Waals surface area contributed by atoms with Crippen LogP contribution in [0.25, 0.3) is 0 Å². The molecule has 6 nitrogen and oxygen atoms in total. The van der Waals surface area contributed by atoms with E-state index >= 15 is 0 Å². The lowest BCUT2D eigenvalue weighted by Crippen LogP contribution is -2.21. The molecule has 0 radical (unpaired) electrons. The number of hydrogen-bond donors (Lipinski definition) is 1. The summed E-state index contributed by atoms with van der Waals surface area (Å²) < 4.78 is 34.7. The number of ether oxygens (including phenoxy) is 1. The zero-order valence-electron chi connectivity index (χ0n) is 18.3. The average Bonchev–Trinajstić information content (AvgIpc) is 2.89. The third-order valence-electron chi connectivity index (χ3n) is 5.10. The summed E-state index contributed by atoms with van der Waals surface area (Å²) in [4.78, 5) is 26.1. The molecule has 0 aliphatic heterocycles. The number of carbonyl (C=O) groups is 2. The van der Waals surface area contributed by atoms with Gasteiger partial charge in [-0.3, -0.25) is 9.52 Å². The number of carbonyl (C=O) groups excluding carboxylic acids is 2. The third-order valence-corrected chi connectivity index (χ3v) is 7.01. The highest BCUT2D eigenvalue weighted by molar-refractivity contribution is 9.10. The van der Waals surface area contributed by atoms with Crippen LogP contribution in [0.15, 0.2) is 119 Å². The van der Waals surface area contributed by atoms with Gasteiger partial charge in [-0.2, -0.15) is 0 Å². The van der Waals surface area contributed by atoms with Gasteiger partial charge in [-0.25, -0.2) is 13.2 Å². The number of nitrogens with one attached hydrogen (secondary N) is 1. The van der Waals surface area contributed by atoms with Crippen molar-refractivity contribution < 1.29 is 22.7 Å². The average molecular weight is 550 g/mol. The van der Waals surface area contributed by atoms with Gasteiger partial charge in [0, 0.05) is 21.3 Å². The Morgan fingerprint density at radius 1 is 0.743 bits per heavy atom. The highest BCUT2D eigenvalue weighted by atomic mass is 79.9. The standard InChI is InChI=1S/C27H20BrNO5S/c28-22-14-16-23(17-15-22)29-35(32,33)24-13-7-12-21(18-24)27(31)34-26(20-10-5-2-6-11-20)25(30)19-8-3-1-4-9-19/h1-18,26,29H. The van der Waals surface area contributed by atoms with E-state index in [-0.39, 0.29) is 16.2 Å². The van der Waals surface area contributed by atoms with Gasteiger partial charge < -0.3 is 4.74 Å². The van der Waals surface area contributed by atoms with E-state index in [9.17, 15) is 18.0 Å². The molecule has 4 rings (SSSR count). The molecule has 1 atom stereocenters. The summed E-state index contributed by atoms with van der Waals surface area (Å²) in [5, 5.41) is 0. The van der Waals surface area contributed by atoms with Crippen LogP contribution < -0.4 is 4.72 Å². The van der Waals surface area contributed by atoms with Gasteiger partial charge in [0.15, 0.2) is 6.10 Å². The zero-order valence-corrected chi connectivity index (χ0v) is 20.7. The molecule has 0 saturated heterocycles. The lowest BCUT2D eigenvalue weighted by molar-refractivity contribution is 0.0280. The quantitative estimate of drug-likeness (QED) is 0.214. The normalized spacial score (nSPS) is 11.9. The second-order valence-electron chi connectivity index (χ2n) is 7.57. The molecule has 35 heavy (non-hydrogen) atoms. The molecular weight excluding hydrogens is 530 g/mol. The predicted molar refractivity (Wildman–Crippen MR) is 137 cm³/mol. The van der Waals surface area contributed by atoms with Crippen molar-refractivity contribution in [2.75, 3.05) is 4.72 Å². The highest BCUT2D eigenvalue weighted by Gasteiger charge is 2.27. The van der Waals surface area contributed by atoms with Crippen LogP contribution >= 0.6 is 15.9 Å². The summed E-state index contributed by atoms with van der Waals surface area (Å²) in [5.74, 6) is -1.20. The molecule has 8 heteroatoms. The van der Waals surface area contributed by atoms with Gasteiger partial charge in [0.05, 0.1) is 10.5 Å². The fourth-order valence-corrected chi connectivity index (χ4v) is 4.72. The second-order valence-corrected chi connectivity index (χ2v) is 10.2. The molecule has 0 fully saturated rings. The van der Waals surface area contributed by atoms with Crippen LogP contribution in [0, 0.1) is 0 Å². The molecule has 4 aromatic carbocycles. The Balaban J connectivity index is 1.60. The number of halogens is 1. The maximum Gasteiger partial charge on any atom is 0.339 e. The molecule has 0 aliphatic carbocycles. The van der Waals surface area contributed by atoms with Crippen molar-refractivity contribution in [2.24, 2.45) is 0 Å². The summed E-state index contributed by atoms with van der Waals surface area (Å²) in [5.41, 5.74) is 1.28. The van der Waals surface area contributed by atoms with Gasteiger partial charge in [0.1, 0.15) is 0 Å². The van der Waals surface area contributed by atoms with Crippen molar-refractivity contribution in [3.05, 3.63) is 130 Å². The van der Waals surface area contributed by atoms with Gasteiger partial charge in [-0.1, -0.05) is 82.7 Å². The molecule has 0 amide bonds. The summed E-state index contributed by atoms with van der Waals surface area (Å²) in [6.07, 6.45) is -1.19. The van der Waals surface area contributed by atoms with Gasteiger partial charge in [-0.05, 0) is 42.5 Å². The van der Waals surface area contributed by atoms with Crippen LogP contribution in [0.1, 0.15) is 32.4 Å². The fourth-order valence-electron chi connectivity index (χ4n) is 3.35. The Morgan fingerprint density at radius 2 is 1.34 bits per heavy atom. The van der Waals surface area contributed by atoms with Crippen molar-refractivity contribution in [3.8, 4) is 0 Å². The zero-order chi connectivity index (χ0) is 24.8. The van der Waals surface area contributed by atoms with Crippen molar-refractivity contribution in [1.82, 2.24) is 0 Å². The molecule has 0 aromatic heterocycles. The van der Waals surface area contributed by atoms with E-state index in [1.807, 2.05) is 0 Å². The minimum atomic E-state index is -3.96. The first-order valence-corrected chi connectivity index (χ1v) is 12.8. The van der Waals surface area contributed by atoms with E-state index in [1.165, 1.54) is 24.3 Å². The lowest BCUT2D eigenvalue weighted by Gasteiger charge is -2.18. The number of ketones is 1. The van der Waals surface area contributed by atoms with Crippen molar-refractivity contribution in [2.45, 2.75) is 11.0 Å². The van der Waals surface area contributed by atoms with Crippen LogP contribution in [0.3, 0.4) is 0 Å². The number of anilines is 1. The number of hydrogen-bond acceptors (Lipinski definition) is 5. The molecule has 0 aliphatic rings. The van der Waals surface area contributed by atoms with Gasteiger partial charge in [0.25, 0.3) is 10.0 Å². The minimum absolute atomic E-state index is 0.00507. The van der Waals surface area contributed by atoms with E-state index in [1.54, 1.807) is 84.9 Å². The topological polar surface area (TPSA) is 89.5 Å². The van der Waals surface area contributed by atoms with Gasteiger partial charge in [-0.15, -0.1) is 0 Å². The second kappa shape index (κ2) is 10.7. The van der Waals surface area contributed by atoms with E-state index < -0.39 is 22.1 Å². The molecule has 4 aromatic rings. The minimum Gasteiger partial charge on any atom is -0.445 e. The number of rotatable bonds is 8. The Labute approximate surface area is 211 Å². The summed E-state index contributed by atoms with van der Waals surface area (Å²) in [6, 6.07) is 29.3. The van der Waals surface area contributed by atoms with E-state index in [4.69, 9.17) is 4.74 Å². The maximum absolute atomic E-state index is 13.2. The SMILES string of the molecule is O=C(OC(C(=O)c1ccccc1)c1ccccc1)c1cccc(S(=O)(=O)Nc2ccc(Br)cc2)c1. The van der Waals surface area contributed by atoms with E-state index in [2.05, 4.69) is 20.7 Å². The molecular formula is C27H20BrNO5S. The molecule has 1 N–H and O–H groups in total. The van der Waals surface area contributed by atoms with Crippen LogP contribution in [0.4, 0.5) is 5.69 Å². The number of sulfonamides is 1. The van der Waals surface area contributed by atoms with E-state index in [0.29, 0.717) is 16.8 Å². The third kappa shape index (κ3) is 6.03. The lowest BCUT2D eigenvalue weighted by atomic mass is 10.00. The fraction of sp³-hybridized carbons (Fsp3) is 0.0370. The summed E-state index contributed by atoms with van der Waals surface area (Å²) in [7, 11) is -3.96. The Morgan fingerprint density at radius 3 is 2.00 bits per heavy atom. The number of benzene rings is 4. The smallest absolute Gasteiger partial charge is 0.339 e. The number of esters is 1. The van der Waals surface area contributed by atoms with Crippen LogP contribution in [-0.2, 0) is 14.8 Å². The first kappa shape index (κ1) is 24.4. The Bertz CT molecular complexity index is 1440. The van der Waals surface area contributed by atoms with Crippen LogP contribution in [-0.4, -0.2) is 20.2 Å². The van der Waals surface area contributed by atoms with Crippen LogP contribution in [0.5, 0.6) is 0 Å². The Kier molecular flexibility index (Phi) is 7.43. The molecule has 0 saturated carbocycles. The molecule has 0 bridgehead atoms. The van der Waals surface area contributed by atoms with Crippen molar-refractivity contribution >= 4 is 43.4 Å².